The topological polar surface area (TPSA) is 186 Å². The molecule has 0 spiro atoms. The van der Waals surface area contributed by atoms with Crippen LogP contribution < -0.4 is 21.7 Å². The van der Waals surface area contributed by atoms with E-state index in [2.05, 4.69) is 34.1 Å². The van der Waals surface area contributed by atoms with Crippen LogP contribution in [0.25, 0.3) is 0 Å². The molecule has 1 heterocycles. The number of carbonyl (C=O) groups excluding carboxylic acids is 6. The average Bonchev–Trinajstić information content (AvgIpc) is 3.75. The summed E-state index contributed by atoms with van der Waals surface area (Å²) in [6.45, 7) is 14.8. The van der Waals surface area contributed by atoms with E-state index in [1.165, 1.54) is 30.0 Å². The fourth-order valence-electron chi connectivity index (χ4n) is 9.77. The number of hydrogen-bond acceptors (Lipinski definition) is 10. The number of esters is 1. The normalized spacial score (nSPS) is 20.7. The van der Waals surface area contributed by atoms with Crippen LogP contribution in [0.3, 0.4) is 0 Å². The Kier molecular flexibility index (Phi) is 16.9. The van der Waals surface area contributed by atoms with E-state index in [9.17, 15) is 28.8 Å². The fraction of sp³-hybridized carbons (Fsp3) is 0.556. The summed E-state index contributed by atoms with van der Waals surface area (Å²) in [5.74, 6) is -2.64. The summed E-state index contributed by atoms with van der Waals surface area (Å²) in [5.41, 5.74) is 11.6. The summed E-state index contributed by atoms with van der Waals surface area (Å²) in [4.78, 5) is 84.8. The molecule has 14 heteroatoms. The van der Waals surface area contributed by atoms with Crippen molar-refractivity contribution >= 4 is 47.3 Å². The first-order valence-electron chi connectivity index (χ1n) is 24.2. The number of nitrogens with zero attached hydrogens (tertiary/aromatic N) is 1. The second-order valence-corrected chi connectivity index (χ2v) is 23.1. The van der Waals surface area contributed by atoms with Gasteiger partial charge in [0.05, 0.1) is 31.0 Å². The maximum atomic E-state index is 14.6. The van der Waals surface area contributed by atoms with Crippen molar-refractivity contribution in [2.75, 3.05) is 19.4 Å². The summed E-state index contributed by atoms with van der Waals surface area (Å²) in [7, 11) is 1.29. The summed E-state index contributed by atoms with van der Waals surface area (Å²) in [6.07, 6.45) is 4.97. The van der Waals surface area contributed by atoms with E-state index in [4.69, 9.17) is 15.2 Å². The van der Waals surface area contributed by atoms with Gasteiger partial charge in [0.1, 0.15) is 17.7 Å². The number of nitrogens with one attached hydrogen (secondary N) is 3. The number of ketones is 1. The predicted molar refractivity (Wildman–Crippen MR) is 266 cm³/mol. The van der Waals surface area contributed by atoms with Crippen molar-refractivity contribution in [2.45, 2.75) is 160 Å². The molecule has 5 N–H and O–H groups in total. The number of benzene rings is 3. The second-order valence-electron chi connectivity index (χ2n) is 21.4. The Hall–Kier alpha value is -5.21. The van der Waals surface area contributed by atoms with E-state index in [0.717, 1.165) is 60.8 Å². The van der Waals surface area contributed by atoms with Crippen molar-refractivity contribution in [1.29, 1.82) is 0 Å². The van der Waals surface area contributed by atoms with Gasteiger partial charge in [0.25, 0.3) is 0 Å². The van der Waals surface area contributed by atoms with Crippen LogP contribution >= 0.6 is 11.8 Å². The maximum absolute atomic E-state index is 14.6. The highest BCUT2D eigenvalue weighted by Crippen LogP contribution is 2.37. The van der Waals surface area contributed by atoms with Gasteiger partial charge in [0.15, 0.2) is 5.78 Å². The summed E-state index contributed by atoms with van der Waals surface area (Å²) in [6, 6.07) is 21.1. The van der Waals surface area contributed by atoms with E-state index in [1.54, 1.807) is 39.5 Å². The van der Waals surface area contributed by atoms with E-state index in [0.29, 0.717) is 13.0 Å². The van der Waals surface area contributed by atoms with Crippen LogP contribution in [0.5, 0.6) is 0 Å². The molecule has 13 nitrogen and oxygen atoms in total. The molecule has 0 radical (unpaired) electrons. The van der Waals surface area contributed by atoms with Gasteiger partial charge in [-0.25, -0.2) is 4.79 Å². The minimum atomic E-state index is -1.13. The monoisotopic (exact) mass is 952 g/mol. The molecule has 1 saturated heterocycles. The van der Waals surface area contributed by atoms with Gasteiger partial charge in [-0.2, -0.15) is 0 Å². The van der Waals surface area contributed by atoms with Crippen LogP contribution in [0, 0.1) is 11.3 Å². The number of amides is 4. The number of fused-ring (bicyclic) bond motifs is 2. The van der Waals surface area contributed by atoms with Crippen LogP contribution in [0.1, 0.15) is 145 Å². The highest BCUT2D eigenvalue weighted by atomic mass is 32.2. The van der Waals surface area contributed by atoms with Crippen molar-refractivity contribution in [2.24, 2.45) is 17.1 Å². The van der Waals surface area contributed by atoms with Crippen molar-refractivity contribution in [3.05, 3.63) is 106 Å². The molecule has 1 aliphatic heterocycles. The molecule has 4 amide bonds. The highest BCUT2D eigenvalue weighted by molar-refractivity contribution is 8.01. The molecule has 3 aromatic rings. The number of ether oxygens (including phenoxy) is 2. The zero-order valence-electron chi connectivity index (χ0n) is 41.4. The molecule has 0 bridgehead atoms. The minimum absolute atomic E-state index is 0.0581. The molecule has 3 aromatic carbocycles. The molecular weight excluding hydrogens is 879 g/mol. The zero-order valence-corrected chi connectivity index (χ0v) is 42.3. The lowest BCUT2D eigenvalue weighted by molar-refractivity contribution is -0.141. The molecule has 2 aliphatic carbocycles. The van der Waals surface area contributed by atoms with Crippen LogP contribution in [-0.2, 0) is 52.7 Å². The first-order valence-corrected chi connectivity index (χ1v) is 25.2. The summed E-state index contributed by atoms with van der Waals surface area (Å²) < 4.78 is 9.45. The van der Waals surface area contributed by atoms with Gasteiger partial charge >= 0.3 is 12.1 Å². The number of nitrogens with two attached hydrogens (primary N) is 1. The quantitative estimate of drug-likeness (QED) is 0.103. The van der Waals surface area contributed by atoms with Crippen LogP contribution in [0.4, 0.5) is 4.79 Å². The average molecular weight is 952 g/mol. The molecule has 68 heavy (non-hydrogen) atoms. The third-order valence-corrected chi connectivity index (χ3v) is 15.0. The molecule has 0 saturated carbocycles. The molecule has 0 aromatic heterocycles. The standard InChI is InChI=1S/C54H73N5O8S/c1-52(2,3)46(55)50(64)59-31-38(29-43(59)49(63)57-42-23-15-19-36-17-11-13-21-40(36)42)34-26-24-33(25-27-34)28-37(48(62)56-41-22-14-18-35-16-10-12-20-39(35)41)30-44(60)47(58-51(65)67-53(4,5)6)54(7,8)68-32-45(61)66-9/h10-13,16-17,20-21,24-27,37-38,41-43,46-47H,14-15,18-19,22-23,28-32,55H2,1-9H3,(H,56,62)(H,57,63)(H,58,65)/t37-,38?,41?,42?,43+,46-,47-/m1/s1. The van der Waals surface area contributed by atoms with E-state index >= 15 is 0 Å². The Bertz CT molecular complexity index is 2300. The van der Waals surface area contributed by atoms with Gasteiger partial charge in [0, 0.05) is 29.5 Å². The van der Waals surface area contributed by atoms with Gasteiger partial charge < -0.3 is 36.1 Å². The Labute approximate surface area is 407 Å². The van der Waals surface area contributed by atoms with Crippen molar-refractivity contribution < 1.29 is 38.2 Å². The zero-order chi connectivity index (χ0) is 49.6. The third-order valence-electron chi connectivity index (χ3n) is 13.7. The lowest BCUT2D eigenvalue weighted by atomic mass is 9.85. The molecular formula is C54H73N5O8S. The Morgan fingerprint density at radius 3 is 1.93 bits per heavy atom. The first-order chi connectivity index (χ1) is 32.0. The van der Waals surface area contributed by atoms with E-state index in [1.807, 2.05) is 75.4 Å². The number of methoxy groups -OCH3 is 1. The lowest BCUT2D eigenvalue weighted by Crippen LogP contribution is -2.55. The van der Waals surface area contributed by atoms with E-state index < -0.39 is 51.9 Å². The predicted octanol–water partition coefficient (Wildman–Crippen LogP) is 7.83. The Morgan fingerprint density at radius 1 is 0.794 bits per heavy atom. The van der Waals surface area contributed by atoms with Crippen LogP contribution in [0.2, 0.25) is 0 Å². The molecule has 368 valence electrons. The summed E-state index contributed by atoms with van der Waals surface area (Å²) in [5, 5.41) is 9.37. The highest BCUT2D eigenvalue weighted by Gasteiger charge is 2.45. The number of rotatable bonds is 16. The van der Waals surface area contributed by atoms with Gasteiger partial charge in [-0.15, -0.1) is 11.8 Å². The maximum Gasteiger partial charge on any atom is 0.408 e. The number of carbonyl (C=O) groups is 6. The number of alkyl carbamates (subject to hydrolysis) is 1. The second kappa shape index (κ2) is 22.0. The van der Waals surface area contributed by atoms with Crippen LogP contribution in [-0.4, -0.2) is 88.3 Å². The molecule has 3 aliphatic rings. The molecule has 3 unspecified atom stereocenters. The SMILES string of the molecule is COC(=O)CSC(C)(C)[C@H](NC(=O)OC(C)(C)C)C(=O)C[C@@H](Cc1ccc(C2C[C@@H](C(=O)NC3CCCc4ccccc43)N(C(=O)[C@@H](N)C(C)(C)C)C2)cc1)C(=O)NC1CCCc2ccccc21. The largest absolute Gasteiger partial charge is 0.468 e. The van der Waals surface area contributed by atoms with Crippen molar-refractivity contribution in [1.82, 2.24) is 20.9 Å². The molecule has 6 rings (SSSR count). The lowest BCUT2D eigenvalue weighted by Gasteiger charge is -2.34. The van der Waals surface area contributed by atoms with Gasteiger partial charge in [-0.3, -0.25) is 24.0 Å². The molecule has 1 fully saturated rings. The fourth-order valence-corrected chi connectivity index (χ4v) is 10.7. The van der Waals surface area contributed by atoms with Gasteiger partial charge in [-0.1, -0.05) is 93.6 Å². The first kappa shape index (κ1) is 52.2. The van der Waals surface area contributed by atoms with E-state index in [-0.39, 0.29) is 60.1 Å². The number of hydrogen-bond donors (Lipinski definition) is 4. The van der Waals surface area contributed by atoms with Crippen molar-refractivity contribution in [3.63, 3.8) is 0 Å². The summed E-state index contributed by atoms with van der Waals surface area (Å²) >= 11 is 1.17. The van der Waals surface area contributed by atoms with Gasteiger partial charge in [-0.05, 0) is 125 Å². The minimum Gasteiger partial charge on any atom is -0.468 e. The molecule has 7 atom stereocenters. The number of Topliss-reactive ketones (excluding diaryl/α,β-unsaturated/α-hetero) is 1. The van der Waals surface area contributed by atoms with Crippen molar-refractivity contribution in [3.8, 4) is 0 Å². The third kappa shape index (κ3) is 13.3. The number of likely N-dealkylation sites (tertiary alicyclic amines) is 1. The van der Waals surface area contributed by atoms with Gasteiger partial charge in [0.2, 0.25) is 17.7 Å². The number of aryl methyl sites for hydroxylation is 2. The Balaban J connectivity index is 1.26. The smallest absolute Gasteiger partial charge is 0.408 e. The number of thioether (sulfide) groups is 1. The van der Waals surface area contributed by atoms with Crippen LogP contribution in [0.15, 0.2) is 72.8 Å². The Morgan fingerprint density at radius 2 is 1.37 bits per heavy atom.